The number of amides is 1. The first-order chi connectivity index (χ1) is 14.2. The zero-order chi connectivity index (χ0) is 20.2. The van der Waals surface area contributed by atoms with Gasteiger partial charge in [0, 0.05) is 31.1 Å². The van der Waals surface area contributed by atoms with Gasteiger partial charge in [-0.3, -0.25) is 4.79 Å². The summed E-state index contributed by atoms with van der Waals surface area (Å²) in [6.07, 6.45) is 6.56. The predicted octanol–water partition coefficient (Wildman–Crippen LogP) is 5.67. The summed E-state index contributed by atoms with van der Waals surface area (Å²) in [5.41, 5.74) is 2.88. The molecule has 0 spiro atoms. The van der Waals surface area contributed by atoms with Crippen molar-refractivity contribution in [2.45, 2.75) is 57.9 Å². The van der Waals surface area contributed by atoms with E-state index in [4.69, 9.17) is 4.98 Å². The van der Waals surface area contributed by atoms with E-state index in [1.165, 1.54) is 37.8 Å². The summed E-state index contributed by atoms with van der Waals surface area (Å²) in [6, 6.07) is 14.4. The summed E-state index contributed by atoms with van der Waals surface area (Å²) in [5.74, 6) is 0.834. The fraction of sp³-hybridized carbons (Fsp3) is 0.417. The molecule has 1 atom stereocenters. The maximum atomic E-state index is 13.3. The van der Waals surface area contributed by atoms with Crippen LogP contribution in [0.4, 0.5) is 10.1 Å². The second-order valence-corrected chi connectivity index (χ2v) is 7.91. The molecule has 1 saturated heterocycles. The molecule has 3 aromatic rings. The van der Waals surface area contributed by atoms with Gasteiger partial charge in [-0.05, 0) is 42.8 Å². The van der Waals surface area contributed by atoms with Crippen molar-refractivity contribution in [1.82, 2.24) is 9.55 Å². The Labute approximate surface area is 171 Å². The number of hydrogen-bond acceptors (Lipinski definition) is 2. The molecule has 1 aliphatic rings. The molecular formula is C24H28FN3O. The van der Waals surface area contributed by atoms with Crippen LogP contribution in [0.3, 0.4) is 0 Å². The van der Waals surface area contributed by atoms with E-state index < -0.39 is 0 Å². The third-order valence-electron chi connectivity index (χ3n) is 5.80. The average molecular weight is 394 g/mol. The monoisotopic (exact) mass is 393 g/mol. The number of hydrogen-bond donors (Lipinski definition) is 0. The Morgan fingerprint density at radius 1 is 1.03 bits per heavy atom. The van der Waals surface area contributed by atoms with Crippen LogP contribution in [0.2, 0.25) is 0 Å². The van der Waals surface area contributed by atoms with Crippen LogP contribution < -0.4 is 4.90 Å². The van der Waals surface area contributed by atoms with Gasteiger partial charge < -0.3 is 9.47 Å². The molecule has 2 aromatic carbocycles. The van der Waals surface area contributed by atoms with Crippen LogP contribution in [0.5, 0.6) is 0 Å². The number of benzene rings is 2. The molecule has 1 unspecified atom stereocenters. The summed E-state index contributed by atoms with van der Waals surface area (Å²) in [5, 5.41) is 0. The van der Waals surface area contributed by atoms with Crippen molar-refractivity contribution < 1.29 is 9.18 Å². The van der Waals surface area contributed by atoms with Crippen molar-refractivity contribution in [1.29, 1.82) is 0 Å². The minimum absolute atomic E-state index is 0.0515. The number of halogens is 1. The van der Waals surface area contributed by atoms with Gasteiger partial charge in [-0.15, -0.1) is 0 Å². The quantitative estimate of drug-likeness (QED) is 0.463. The molecule has 5 heteroatoms. The molecule has 2 heterocycles. The van der Waals surface area contributed by atoms with Crippen molar-refractivity contribution in [3.63, 3.8) is 0 Å². The average Bonchev–Trinajstić information content (AvgIpc) is 3.29. The number of carbonyl (C=O) groups is 1. The molecule has 0 saturated carbocycles. The van der Waals surface area contributed by atoms with Crippen molar-refractivity contribution >= 4 is 22.6 Å². The van der Waals surface area contributed by atoms with Crippen LogP contribution in [0.15, 0.2) is 48.5 Å². The number of nitrogens with zero attached hydrogens (tertiary/aromatic N) is 3. The van der Waals surface area contributed by atoms with E-state index in [2.05, 4.69) is 17.6 Å². The standard InChI is InChI=1S/C24H28FN3O/c1-2-3-4-5-8-15-27-22-10-7-6-9-21(22)26-24(27)18-16-23(29)28(17-18)20-13-11-19(25)12-14-20/h6-7,9-14,18H,2-5,8,15-17H2,1H3. The van der Waals surface area contributed by atoms with E-state index in [1.807, 2.05) is 18.2 Å². The lowest BCUT2D eigenvalue weighted by molar-refractivity contribution is -0.117. The number of aromatic nitrogens is 2. The largest absolute Gasteiger partial charge is 0.328 e. The highest BCUT2D eigenvalue weighted by atomic mass is 19.1. The number of unbranched alkanes of at least 4 members (excludes halogenated alkanes) is 4. The van der Waals surface area contributed by atoms with E-state index in [-0.39, 0.29) is 17.6 Å². The fourth-order valence-electron chi connectivity index (χ4n) is 4.27. The number of carbonyl (C=O) groups excluding carboxylic acids is 1. The Kier molecular flexibility index (Phi) is 5.93. The first kappa shape index (κ1) is 19.6. The Balaban J connectivity index is 1.57. The molecule has 0 radical (unpaired) electrons. The number of para-hydroxylation sites is 2. The van der Waals surface area contributed by atoms with Gasteiger partial charge in [-0.2, -0.15) is 0 Å². The van der Waals surface area contributed by atoms with Gasteiger partial charge in [0.25, 0.3) is 0 Å². The highest BCUT2D eigenvalue weighted by Crippen LogP contribution is 2.33. The Morgan fingerprint density at radius 3 is 2.59 bits per heavy atom. The van der Waals surface area contributed by atoms with Gasteiger partial charge in [0.05, 0.1) is 11.0 Å². The van der Waals surface area contributed by atoms with Crippen LogP contribution in [0, 0.1) is 5.82 Å². The molecule has 0 N–H and O–H groups in total. The fourth-order valence-corrected chi connectivity index (χ4v) is 4.27. The minimum Gasteiger partial charge on any atom is -0.328 e. The molecule has 29 heavy (non-hydrogen) atoms. The predicted molar refractivity (Wildman–Crippen MR) is 115 cm³/mol. The zero-order valence-electron chi connectivity index (χ0n) is 17.0. The number of anilines is 1. The van der Waals surface area contributed by atoms with Gasteiger partial charge in [0.1, 0.15) is 11.6 Å². The van der Waals surface area contributed by atoms with E-state index >= 15 is 0 Å². The number of imidazole rings is 1. The Bertz CT molecular complexity index is 979. The smallest absolute Gasteiger partial charge is 0.227 e. The first-order valence-corrected chi connectivity index (χ1v) is 10.7. The van der Waals surface area contributed by atoms with Gasteiger partial charge in [0.2, 0.25) is 5.91 Å². The lowest BCUT2D eigenvalue weighted by Crippen LogP contribution is -2.24. The van der Waals surface area contributed by atoms with Crippen LogP contribution in [-0.4, -0.2) is 22.0 Å². The third kappa shape index (κ3) is 4.19. The maximum absolute atomic E-state index is 13.3. The molecule has 1 fully saturated rings. The summed E-state index contributed by atoms with van der Waals surface area (Å²) >= 11 is 0. The number of fused-ring (bicyclic) bond motifs is 1. The van der Waals surface area contributed by atoms with E-state index in [0.717, 1.165) is 35.5 Å². The SMILES string of the molecule is CCCCCCCn1c(C2CC(=O)N(c3ccc(F)cc3)C2)nc2ccccc21. The second kappa shape index (κ2) is 8.76. The van der Waals surface area contributed by atoms with Crippen LogP contribution >= 0.6 is 0 Å². The van der Waals surface area contributed by atoms with E-state index in [9.17, 15) is 9.18 Å². The zero-order valence-corrected chi connectivity index (χ0v) is 17.0. The molecule has 1 aromatic heterocycles. The summed E-state index contributed by atoms with van der Waals surface area (Å²) in [7, 11) is 0. The van der Waals surface area contributed by atoms with Crippen LogP contribution in [-0.2, 0) is 11.3 Å². The van der Waals surface area contributed by atoms with Crippen LogP contribution in [0.1, 0.15) is 57.2 Å². The third-order valence-corrected chi connectivity index (χ3v) is 5.80. The first-order valence-electron chi connectivity index (χ1n) is 10.7. The Morgan fingerprint density at radius 2 is 1.79 bits per heavy atom. The highest BCUT2D eigenvalue weighted by Gasteiger charge is 2.34. The van der Waals surface area contributed by atoms with Gasteiger partial charge in [0.15, 0.2) is 0 Å². The van der Waals surface area contributed by atoms with Crippen molar-refractivity contribution in [2.24, 2.45) is 0 Å². The topological polar surface area (TPSA) is 38.1 Å². The lowest BCUT2D eigenvalue weighted by Gasteiger charge is -2.17. The summed E-state index contributed by atoms with van der Waals surface area (Å²) in [4.78, 5) is 19.4. The summed E-state index contributed by atoms with van der Waals surface area (Å²) < 4.78 is 15.6. The Hall–Kier alpha value is -2.69. The van der Waals surface area contributed by atoms with E-state index in [1.54, 1.807) is 17.0 Å². The van der Waals surface area contributed by atoms with Crippen molar-refractivity contribution in [3.05, 3.63) is 60.2 Å². The van der Waals surface area contributed by atoms with Gasteiger partial charge in [-0.1, -0.05) is 44.7 Å². The normalized spacial score (nSPS) is 16.8. The van der Waals surface area contributed by atoms with Crippen LogP contribution in [0.25, 0.3) is 11.0 Å². The minimum atomic E-state index is -0.290. The molecular weight excluding hydrogens is 365 g/mol. The molecule has 1 amide bonds. The molecule has 152 valence electrons. The molecule has 0 bridgehead atoms. The van der Waals surface area contributed by atoms with Crippen molar-refractivity contribution in [2.75, 3.05) is 11.4 Å². The molecule has 4 nitrogen and oxygen atoms in total. The van der Waals surface area contributed by atoms with Crippen molar-refractivity contribution in [3.8, 4) is 0 Å². The summed E-state index contributed by atoms with van der Waals surface area (Å²) in [6.45, 7) is 3.75. The second-order valence-electron chi connectivity index (χ2n) is 7.91. The molecule has 4 rings (SSSR count). The molecule has 1 aliphatic heterocycles. The lowest BCUT2D eigenvalue weighted by atomic mass is 10.1. The van der Waals surface area contributed by atoms with E-state index in [0.29, 0.717) is 13.0 Å². The highest BCUT2D eigenvalue weighted by molar-refractivity contribution is 5.96. The maximum Gasteiger partial charge on any atom is 0.227 e. The number of aryl methyl sites for hydroxylation is 1. The van der Waals surface area contributed by atoms with Gasteiger partial charge >= 0.3 is 0 Å². The van der Waals surface area contributed by atoms with Gasteiger partial charge in [-0.25, -0.2) is 9.37 Å². The number of rotatable bonds is 8. The molecule has 0 aliphatic carbocycles.